The molecule has 0 aromatic heterocycles. The van der Waals surface area contributed by atoms with Gasteiger partial charge in [-0.15, -0.1) is 0 Å². The molecule has 0 aliphatic carbocycles. The molecule has 0 saturated carbocycles. The van der Waals surface area contributed by atoms with Crippen molar-refractivity contribution in [3.8, 4) is 11.8 Å². The summed E-state index contributed by atoms with van der Waals surface area (Å²) >= 11 is 0. The zero-order valence-electron chi connectivity index (χ0n) is 10.3. The maximum atomic E-state index is 8.74. The van der Waals surface area contributed by atoms with Gasteiger partial charge in [-0.05, 0) is 49.4 Å². The van der Waals surface area contributed by atoms with Gasteiger partial charge in [0.05, 0.1) is 18.2 Å². The van der Waals surface area contributed by atoms with Crippen molar-refractivity contribution < 1.29 is 4.74 Å². The van der Waals surface area contributed by atoms with Gasteiger partial charge in [-0.1, -0.05) is 13.8 Å². The average Bonchev–Trinajstić information content (AvgIpc) is 2.25. The van der Waals surface area contributed by atoms with E-state index in [1.807, 2.05) is 19.1 Å². The zero-order chi connectivity index (χ0) is 12.0. The molecule has 0 unspecified atom stereocenters. The highest BCUT2D eigenvalue weighted by Crippen LogP contribution is 2.19. The van der Waals surface area contributed by atoms with Crippen molar-refractivity contribution in [2.75, 3.05) is 6.61 Å². The molecular formula is C14H19NO. The molecule has 2 nitrogen and oxygen atoms in total. The fraction of sp³-hybridized carbons (Fsp3) is 0.500. The number of ether oxygens (including phenoxy) is 1. The van der Waals surface area contributed by atoms with Gasteiger partial charge >= 0.3 is 0 Å². The fourth-order valence-corrected chi connectivity index (χ4v) is 1.55. The topological polar surface area (TPSA) is 33.0 Å². The number of rotatable bonds is 5. The third-order valence-corrected chi connectivity index (χ3v) is 2.49. The van der Waals surface area contributed by atoms with Gasteiger partial charge in [-0.3, -0.25) is 0 Å². The maximum absolute atomic E-state index is 8.74. The second-order valence-electron chi connectivity index (χ2n) is 4.48. The lowest BCUT2D eigenvalue weighted by Crippen LogP contribution is -2.00. The van der Waals surface area contributed by atoms with Crippen molar-refractivity contribution in [3.63, 3.8) is 0 Å². The van der Waals surface area contributed by atoms with Crippen LogP contribution in [0.15, 0.2) is 18.2 Å². The molecule has 0 fully saturated rings. The van der Waals surface area contributed by atoms with Gasteiger partial charge < -0.3 is 4.74 Å². The smallest absolute Gasteiger partial charge is 0.122 e. The molecule has 0 spiro atoms. The summed E-state index contributed by atoms with van der Waals surface area (Å²) in [4.78, 5) is 0. The van der Waals surface area contributed by atoms with Crippen LogP contribution in [-0.4, -0.2) is 6.61 Å². The normalized spacial score (nSPS) is 10.2. The van der Waals surface area contributed by atoms with Crippen LogP contribution in [-0.2, 0) is 0 Å². The summed E-state index contributed by atoms with van der Waals surface area (Å²) in [6, 6.07) is 7.66. The van der Waals surface area contributed by atoms with Crippen molar-refractivity contribution in [1.29, 1.82) is 5.26 Å². The van der Waals surface area contributed by atoms with E-state index in [1.54, 1.807) is 6.07 Å². The summed E-state index contributed by atoms with van der Waals surface area (Å²) < 4.78 is 5.68. The first kappa shape index (κ1) is 12.6. The van der Waals surface area contributed by atoms with Crippen LogP contribution in [0, 0.1) is 24.2 Å². The van der Waals surface area contributed by atoms with Crippen molar-refractivity contribution in [2.45, 2.75) is 33.6 Å². The summed E-state index contributed by atoms with van der Waals surface area (Å²) in [7, 11) is 0. The molecule has 1 aromatic carbocycles. The summed E-state index contributed by atoms with van der Waals surface area (Å²) in [5.74, 6) is 1.62. The minimum absolute atomic E-state index is 0.687. The highest BCUT2D eigenvalue weighted by molar-refractivity contribution is 5.41. The minimum atomic E-state index is 0.687. The van der Waals surface area contributed by atoms with Crippen molar-refractivity contribution in [3.05, 3.63) is 29.3 Å². The van der Waals surface area contributed by atoms with Gasteiger partial charge in [-0.25, -0.2) is 0 Å². The number of nitrogens with zero attached hydrogens (tertiary/aromatic N) is 1. The van der Waals surface area contributed by atoms with Crippen LogP contribution in [0.4, 0.5) is 0 Å². The first-order valence-corrected chi connectivity index (χ1v) is 5.77. The molecule has 0 atom stereocenters. The Bertz CT molecular complexity index is 377. The van der Waals surface area contributed by atoms with Crippen LogP contribution in [0.5, 0.6) is 5.75 Å². The van der Waals surface area contributed by atoms with Crippen molar-refractivity contribution in [1.82, 2.24) is 0 Å². The highest BCUT2D eigenvalue weighted by atomic mass is 16.5. The van der Waals surface area contributed by atoms with Crippen molar-refractivity contribution >= 4 is 0 Å². The van der Waals surface area contributed by atoms with Crippen LogP contribution in [0.2, 0.25) is 0 Å². The van der Waals surface area contributed by atoms with E-state index >= 15 is 0 Å². The van der Waals surface area contributed by atoms with Gasteiger partial charge in [0.15, 0.2) is 0 Å². The minimum Gasteiger partial charge on any atom is -0.493 e. The Kier molecular flexibility index (Phi) is 4.85. The summed E-state index contributed by atoms with van der Waals surface area (Å²) in [5, 5.41) is 8.74. The maximum Gasteiger partial charge on any atom is 0.122 e. The van der Waals surface area contributed by atoms with Gasteiger partial charge in [0.1, 0.15) is 5.75 Å². The molecule has 0 amide bonds. The van der Waals surface area contributed by atoms with E-state index in [4.69, 9.17) is 10.00 Å². The molecule has 2 heteroatoms. The number of aryl methyl sites for hydroxylation is 1. The Hall–Kier alpha value is -1.49. The van der Waals surface area contributed by atoms with Gasteiger partial charge in [-0.2, -0.15) is 5.26 Å². The third-order valence-electron chi connectivity index (χ3n) is 2.49. The monoisotopic (exact) mass is 217 g/mol. The Morgan fingerprint density at radius 2 is 2.12 bits per heavy atom. The second-order valence-corrected chi connectivity index (χ2v) is 4.48. The van der Waals surface area contributed by atoms with Crippen molar-refractivity contribution in [2.24, 2.45) is 5.92 Å². The van der Waals surface area contributed by atoms with E-state index in [0.29, 0.717) is 5.56 Å². The van der Waals surface area contributed by atoms with Crippen LogP contribution in [0.25, 0.3) is 0 Å². The fourth-order valence-electron chi connectivity index (χ4n) is 1.55. The quantitative estimate of drug-likeness (QED) is 0.705. The van der Waals surface area contributed by atoms with Gasteiger partial charge in [0.2, 0.25) is 0 Å². The molecule has 0 bridgehead atoms. The van der Waals surface area contributed by atoms with E-state index in [1.165, 1.54) is 6.42 Å². The predicted molar refractivity (Wildman–Crippen MR) is 65.5 cm³/mol. The Labute approximate surface area is 97.9 Å². The third kappa shape index (κ3) is 3.94. The summed E-state index contributed by atoms with van der Waals surface area (Å²) in [6.45, 7) is 7.16. The second kappa shape index (κ2) is 6.17. The molecule has 0 saturated heterocycles. The number of nitriles is 1. The lowest BCUT2D eigenvalue weighted by molar-refractivity contribution is 0.296. The molecule has 0 heterocycles. The molecule has 1 aromatic rings. The molecule has 0 aliphatic heterocycles. The zero-order valence-corrected chi connectivity index (χ0v) is 10.3. The predicted octanol–water partition coefficient (Wildman–Crippen LogP) is 3.68. The Morgan fingerprint density at radius 3 is 2.69 bits per heavy atom. The first-order chi connectivity index (χ1) is 7.63. The van der Waals surface area contributed by atoms with E-state index in [9.17, 15) is 0 Å². The van der Waals surface area contributed by atoms with Crippen LogP contribution < -0.4 is 4.74 Å². The first-order valence-electron chi connectivity index (χ1n) is 5.77. The van der Waals surface area contributed by atoms with E-state index in [-0.39, 0.29) is 0 Å². The standard InChI is InChI=1S/C14H19NO/c1-11(2)5-4-8-16-14-7-6-13(10-15)9-12(14)3/h6-7,9,11H,4-5,8H2,1-3H3. The number of benzene rings is 1. The average molecular weight is 217 g/mol. The number of hydrogen-bond acceptors (Lipinski definition) is 2. The van der Waals surface area contributed by atoms with Crippen LogP contribution >= 0.6 is 0 Å². The molecule has 16 heavy (non-hydrogen) atoms. The summed E-state index contributed by atoms with van der Waals surface area (Å²) in [5.41, 5.74) is 1.72. The molecule has 0 N–H and O–H groups in total. The molecule has 0 aliphatic rings. The molecular weight excluding hydrogens is 198 g/mol. The summed E-state index contributed by atoms with van der Waals surface area (Å²) in [6.07, 6.45) is 2.27. The van der Waals surface area contributed by atoms with E-state index in [0.717, 1.165) is 30.3 Å². The van der Waals surface area contributed by atoms with Gasteiger partial charge in [0, 0.05) is 0 Å². The number of hydrogen-bond donors (Lipinski definition) is 0. The Balaban J connectivity index is 2.46. The van der Waals surface area contributed by atoms with Crippen LogP contribution in [0.3, 0.4) is 0 Å². The SMILES string of the molecule is Cc1cc(C#N)ccc1OCCCC(C)C. The van der Waals surface area contributed by atoms with E-state index < -0.39 is 0 Å². The Morgan fingerprint density at radius 1 is 1.38 bits per heavy atom. The lowest BCUT2D eigenvalue weighted by Gasteiger charge is -2.10. The molecule has 0 radical (unpaired) electrons. The molecule has 1 rings (SSSR count). The van der Waals surface area contributed by atoms with Crippen LogP contribution in [0.1, 0.15) is 37.8 Å². The lowest BCUT2D eigenvalue weighted by atomic mass is 10.1. The molecule has 86 valence electrons. The van der Waals surface area contributed by atoms with Gasteiger partial charge in [0.25, 0.3) is 0 Å². The highest BCUT2D eigenvalue weighted by Gasteiger charge is 2.01. The largest absolute Gasteiger partial charge is 0.493 e. The van der Waals surface area contributed by atoms with E-state index in [2.05, 4.69) is 19.9 Å².